The third-order valence-corrected chi connectivity index (χ3v) is 5.49. The normalized spacial score (nSPS) is 15.5. The van der Waals surface area contributed by atoms with Gasteiger partial charge in [-0.1, -0.05) is 32.4 Å². The zero-order valence-corrected chi connectivity index (χ0v) is 18.1. The topological polar surface area (TPSA) is 44.5 Å². The van der Waals surface area contributed by atoms with Gasteiger partial charge in [-0.15, -0.1) is 0 Å². The van der Waals surface area contributed by atoms with E-state index < -0.39 is 0 Å². The highest BCUT2D eigenvalue weighted by atomic mass is 35.5. The molecule has 0 atom stereocenters. The van der Waals surface area contributed by atoms with E-state index in [9.17, 15) is 0 Å². The minimum absolute atomic E-state index is 0.395. The molecular formula is C22H33ClN4O. The number of rotatable bonds is 9. The van der Waals surface area contributed by atoms with Gasteiger partial charge in [-0.3, -0.25) is 4.90 Å². The molecule has 0 amide bonds. The lowest BCUT2D eigenvalue weighted by molar-refractivity contribution is 0.256. The summed E-state index contributed by atoms with van der Waals surface area (Å²) in [5, 5.41) is 4.34. The van der Waals surface area contributed by atoms with E-state index >= 15 is 0 Å². The lowest BCUT2D eigenvalue weighted by Crippen LogP contribution is -2.48. The maximum Gasteiger partial charge on any atom is 0.194 e. The molecular weight excluding hydrogens is 372 g/mol. The molecule has 3 rings (SSSR count). The van der Waals surface area contributed by atoms with Crippen molar-refractivity contribution in [2.75, 3.05) is 44.2 Å². The highest BCUT2D eigenvalue weighted by molar-refractivity contribution is 6.30. The van der Waals surface area contributed by atoms with E-state index in [0.717, 1.165) is 81.0 Å². The van der Waals surface area contributed by atoms with Gasteiger partial charge in [0.15, 0.2) is 5.89 Å². The van der Waals surface area contributed by atoms with Crippen molar-refractivity contribution >= 4 is 17.3 Å². The van der Waals surface area contributed by atoms with Crippen LogP contribution in [0.4, 0.5) is 5.69 Å². The number of hydrogen-bond donors (Lipinski definition) is 1. The second kappa shape index (κ2) is 10.3. The number of nitrogens with one attached hydrogen (secondary N) is 1. The van der Waals surface area contributed by atoms with Gasteiger partial charge in [0, 0.05) is 56.4 Å². The van der Waals surface area contributed by atoms with Crippen LogP contribution in [0.2, 0.25) is 5.02 Å². The molecule has 1 aliphatic heterocycles. The molecule has 0 unspecified atom stereocenters. The zero-order chi connectivity index (χ0) is 19.9. The largest absolute Gasteiger partial charge is 0.444 e. The number of piperazine rings is 1. The first-order valence-corrected chi connectivity index (χ1v) is 10.9. The number of anilines is 1. The summed E-state index contributed by atoms with van der Waals surface area (Å²) in [6, 6.07) is 8.15. The Bertz CT molecular complexity index is 721. The average molecular weight is 405 g/mol. The van der Waals surface area contributed by atoms with Crippen molar-refractivity contribution in [2.45, 2.75) is 46.1 Å². The molecule has 0 bridgehead atoms. The molecule has 2 heterocycles. The number of hydrogen-bond acceptors (Lipinski definition) is 5. The molecule has 1 aliphatic rings. The molecule has 1 saturated heterocycles. The summed E-state index contributed by atoms with van der Waals surface area (Å²) in [7, 11) is 0. The molecule has 2 aromatic rings. The van der Waals surface area contributed by atoms with E-state index in [1.807, 2.05) is 12.1 Å². The predicted molar refractivity (Wildman–Crippen MR) is 116 cm³/mol. The summed E-state index contributed by atoms with van der Waals surface area (Å²) in [5.74, 6) is 2.28. The highest BCUT2D eigenvalue weighted by Crippen LogP contribution is 2.21. The van der Waals surface area contributed by atoms with E-state index in [0.29, 0.717) is 5.92 Å². The van der Waals surface area contributed by atoms with Crippen molar-refractivity contribution in [2.24, 2.45) is 0 Å². The van der Waals surface area contributed by atoms with Crippen LogP contribution in [-0.4, -0.2) is 49.2 Å². The Morgan fingerprint density at radius 3 is 2.50 bits per heavy atom. The van der Waals surface area contributed by atoms with E-state index in [2.05, 4.69) is 53.0 Å². The van der Waals surface area contributed by atoms with E-state index in [4.69, 9.17) is 16.0 Å². The molecule has 6 heteroatoms. The third kappa shape index (κ3) is 5.72. The Kier molecular flexibility index (Phi) is 7.77. The van der Waals surface area contributed by atoms with Crippen LogP contribution in [0.5, 0.6) is 0 Å². The summed E-state index contributed by atoms with van der Waals surface area (Å²) in [6.45, 7) is 13.6. The minimum atomic E-state index is 0.395. The number of oxazole rings is 1. The number of nitrogens with zero attached hydrogens (tertiary/aromatic N) is 3. The van der Waals surface area contributed by atoms with Crippen molar-refractivity contribution in [3.8, 4) is 0 Å². The van der Waals surface area contributed by atoms with Crippen molar-refractivity contribution in [1.82, 2.24) is 15.2 Å². The van der Waals surface area contributed by atoms with Crippen LogP contribution in [-0.2, 0) is 13.0 Å². The number of aromatic nitrogens is 1. The molecule has 5 nitrogen and oxygen atoms in total. The summed E-state index contributed by atoms with van der Waals surface area (Å²) in [5.41, 5.74) is 2.36. The van der Waals surface area contributed by atoms with Crippen LogP contribution < -0.4 is 10.2 Å². The fraction of sp³-hybridized carbons (Fsp3) is 0.591. The van der Waals surface area contributed by atoms with Crippen LogP contribution in [0.25, 0.3) is 0 Å². The Hall–Kier alpha value is -1.56. The fourth-order valence-electron chi connectivity index (χ4n) is 3.63. The van der Waals surface area contributed by atoms with Crippen LogP contribution in [0.3, 0.4) is 0 Å². The summed E-state index contributed by atoms with van der Waals surface area (Å²) in [6.07, 6.45) is 1.98. The van der Waals surface area contributed by atoms with Crippen LogP contribution in [0, 0.1) is 0 Å². The zero-order valence-electron chi connectivity index (χ0n) is 17.4. The maximum atomic E-state index is 5.99. The molecule has 1 aromatic heterocycles. The first kappa shape index (κ1) is 21.2. The first-order valence-electron chi connectivity index (χ1n) is 10.5. The van der Waals surface area contributed by atoms with Gasteiger partial charge in [-0.05, 0) is 36.6 Å². The monoisotopic (exact) mass is 404 g/mol. The third-order valence-electron chi connectivity index (χ3n) is 5.24. The Balaban J connectivity index is 1.40. The molecule has 0 saturated carbocycles. The molecule has 1 N–H and O–H groups in total. The fourth-order valence-corrected chi connectivity index (χ4v) is 3.76. The van der Waals surface area contributed by atoms with E-state index in [-0.39, 0.29) is 0 Å². The first-order chi connectivity index (χ1) is 13.6. The van der Waals surface area contributed by atoms with Crippen LogP contribution >= 0.6 is 11.6 Å². The molecule has 0 spiro atoms. The van der Waals surface area contributed by atoms with Crippen molar-refractivity contribution in [3.05, 3.63) is 46.6 Å². The Labute approximate surface area is 174 Å². The van der Waals surface area contributed by atoms with Crippen molar-refractivity contribution < 1.29 is 4.42 Å². The van der Waals surface area contributed by atoms with Gasteiger partial charge >= 0.3 is 0 Å². The van der Waals surface area contributed by atoms with Gasteiger partial charge in [-0.2, -0.15) is 0 Å². The van der Waals surface area contributed by atoms with Gasteiger partial charge in [-0.25, -0.2) is 4.98 Å². The minimum Gasteiger partial charge on any atom is -0.444 e. The van der Waals surface area contributed by atoms with Crippen molar-refractivity contribution in [3.63, 3.8) is 0 Å². The lowest BCUT2D eigenvalue weighted by Gasteiger charge is -2.36. The molecule has 0 aliphatic carbocycles. The molecule has 154 valence electrons. The molecule has 1 aromatic carbocycles. The molecule has 0 radical (unpaired) electrons. The Morgan fingerprint density at radius 2 is 1.86 bits per heavy atom. The summed E-state index contributed by atoms with van der Waals surface area (Å²) < 4.78 is 5.98. The Morgan fingerprint density at radius 1 is 1.14 bits per heavy atom. The van der Waals surface area contributed by atoms with Crippen LogP contribution in [0.1, 0.15) is 50.5 Å². The standard InChI is InChI=1S/C22H33ClN4O/c1-4-5-21-25-22(17(2)3)20(28-21)16-24-10-11-26-12-14-27(15-13-26)19-8-6-18(23)7-9-19/h6-9,17,24H,4-5,10-16H2,1-3H3. The van der Waals surface area contributed by atoms with E-state index in [1.165, 1.54) is 5.69 Å². The van der Waals surface area contributed by atoms with Gasteiger partial charge < -0.3 is 14.6 Å². The SMILES string of the molecule is CCCc1nc(C(C)C)c(CNCCN2CCN(c3ccc(Cl)cc3)CC2)o1. The van der Waals surface area contributed by atoms with Crippen LogP contribution in [0.15, 0.2) is 28.7 Å². The van der Waals surface area contributed by atoms with Gasteiger partial charge in [0.05, 0.1) is 12.2 Å². The second-order valence-electron chi connectivity index (χ2n) is 7.80. The summed E-state index contributed by atoms with van der Waals surface area (Å²) in [4.78, 5) is 9.63. The number of halogens is 1. The van der Waals surface area contributed by atoms with E-state index in [1.54, 1.807) is 0 Å². The predicted octanol–water partition coefficient (Wildman–Crippen LogP) is 4.32. The smallest absolute Gasteiger partial charge is 0.194 e. The summed E-state index contributed by atoms with van der Waals surface area (Å²) >= 11 is 5.99. The molecule has 28 heavy (non-hydrogen) atoms. The quantitative estimate of drug-likeness (QED) is 0.630. The van der Waals surface area contributed by atoms with Gasteiger partial charge in [0.2, 0.25) is 0 Å². The molecule has 1 fully saturated rings. The lowest BCUT2D eigenvalue weighted by atomic mass is 10.1. The van der Waals surface area contributed by atoms with Gasteiger partial charge in [0.25, 0.3) is 0 Å². The highest BCUT2D eigenvalue weighted by Gasteiger charge is 2.18. The average Bonchev–Trinajstić information content (AvgIpc) is 3.10. The number of benzene rings is 1. The van der Waals surface area contributed by atoms with Crippen molar-refractivity contribution in [1.29, 1.82) is 0 Å². The second-order valence-corrected chi connectivity index (χ2v) is 8.24. The maximum absolute atomic E-state index is 5.99. The number of aryl methyl sites for hydroxylation is 1. The van der Waals surface area contributed by atoms with Gasteiger partial charge in [0.1, 0.15) is 5.76 Å².